The number of likely N-dealkylation sites (tertiary alicyclic amines) is 1. The van der Waals surface area contributed by atoms with Crippen molar-refractivity contribution in [3.05, 3.63) is 34.7 Å². The van der Waals surface area contributed by atoms with Gasteiger partial charge in [0.15, 0.2) is 0 Å². The Bertz CT molecular complexity index is 843. The lowest BCUT2D eigenvalue weighted by Gasteiger charge is -2.44. The van der Waals surface area contributed by atoms with Crippen LogP contribution in [0.5, 0.6) is 0 Å². The van der Waals surface area contributed by atoms with Gasteiger partial charge in [-0.1, -0.05) is 6.07 Å². The molecule has 2 aromatic heterocycles. The Kier molecular flexibility index (Phi) is 5.66. The lowest BCUT2D eigenvalue weighted by molar-refractivity contribution is -0.140. The van der Waals surface area contributed by atoms with Gasteiger partial charge >= 0.3 is 0 Å². The number of rotatable bonds is 5. The molecule has 0 aliphatic carbocycles. The fourth-order valence-electron chi connectivity index (χ4n) is 4.24. The third-order valence-electron chi connectivity index (χ3n) is 5.80. The molecule has 0 atom stereocenters. The zero-order valence-corrected chi connectivity index (χ0v) is 17.0. The van der Waals surface area contributed by atoms with Gasteiger partial charge in [0, 0.05) is 30.8 Å². The fourth-order valence-corrected chi connectivity index (χ4v) is 5.44. The zero-order valence-electron chi connectivity index (χ0n) is 16.2. The first-order valence-corrected chi connectivity index (χ1v) is 10.9. The largest absolute Gasteiger partial charge is 0.384 e. The summed E-state index contributed by atoms with van der Waals surface area (Å²) < 4.78 is 6.34. The third kappa shape index (κ3) is 3.79. The van der Waals surface area contributed by atoms with Crippen molar-refractivity contribution in [1.29, 1.82) is 0 Å². The number of aromatic nitrogens is 1. The topological polar surface area (TPSA) is 94.5 Å². The van der Waals surface area contributed by atoms with Crippen LogP contribution in [0.4, 0.5) is 5.82 Å². The summed E-state index contributed by atoms with van der Waals surface area (Å²) in [5.41, 5.74) is 13.3. The second-order valence-electron chi connectivity index (χ2n) is 7.61. The Morgan fingerprint density at radius 2 is 2.11 bits per heavy atom. The lowest BCUT2D eigenvalue weighted by atomic mass is 9.82. The molecule has 0 radical (unpaired) electrons. The van der Waals surface area contributed by atoms with Gasteiger partial charge in [-0.3, -0.25) is 4.79 Å². The van der Waals surface area contributed by atoms with E-state index in [2.05, 4.69) is 11.1 Å². The molecule has 2 aliphatic heterocycles. The van der Waals surface area contributed by atoms with Gasteiger partial charge in [0.25, 0.3) is 0 Å². The summed E-state index contributed by atoms with van der Waals surface area (Å²) in [5, 5.41) is 0. The van der Waals surface area contributed by atoms with Crippen molar-refractivity contribution in [2.24, 2.45) is 5.73 Å². The number of nitrogens with two attached hydrogens (primary N) is 2. The van der Waals surface area contributed by atoms with Gasteiger partial charge < -0.3 is 21.1 Å². The number of fused-ring (bicyclic) bond motifs is 2. The molecule has 4 rings (SSSR count). The molecular weight excluding hydrogens is 372 g/mol. The van der Waals surface area contributed by atoms with Crippen LogP contribution in [0.3, 0.4) is 0 Å². The number of unbranched alkanes of at least 4 members (excludes halogenated alkanes) is 1. The number of nitrogens with zero attached hydrogens (tertiary/aromatic N) is 2. The van der Waals surface area contributed by atoms with E-state index in [1.807, 2.05) is 23.1 Å². The van der Waals surface area contributed by atoms with E-state index in [1.165, 1.54) is 10.4 Å². The Balaban J connectivity index is 1.50. The Morgan fingerprint density at radius 3 is 2.86 bits per heavy atom. The molecule has 0 saturated carbocycles. The number of ether oxygens (including phenoxy) is 1. The zero-order chi connectivity index (χ0) is 19.6. The van der Waals surface area contributed by atoms with Crippen LogP contribution in [0.2, 0.25) is 0 Å². The molecular formula is C21H28N4O2S. The molecule has 0 unspecified atom stereocenters. The number of anilines is 1. The standard InChI is InChI=1S/C21H28N4O2S/c22-10-2-1-6-20(26)25-11-8-21(9-12-25)15-14-18(28-17(15)7-13-27-21)16-4-3-5-19(23)24-16/h3-5,14H,1-2,6-13,22H2,(H2,23,24). The number of hydrogen-bond acceptors (Lipinski definition) is 6. The maximum Gasteiger partial charge on any atom is 0.222 e. The number of hydrogen-bond donors (Lipinski definition) is 2. The van der Waals surface area contributed by atoms with Gasteiger partial charge in [-0.05, 0) is 56.0 Å². The molecule has 6 nitrogen and oxygen atoms in total. The summed E-state index contributed by atoms with van der Waals surface area (Å²) >= 11 is 1.79. The van der Waals surface area contributed by atoms with E-state index < -0.39 is 0 Å². The van der Waals surface area contributed by atoms with Crippen molar-refractivity contribution in [1.82, 2.24) is 9.88 Å². The quantitative estimate of drug-likeness (QED) is 0.753. The van der Waals surface area contributed by atoms with E-state index in [4.69, 9.17) is 16.2 Å². The maximum atomic E-state index is 12.4. The highest BCUT2D eigenvalue weighted by molar-refractivity contribution is 7.15. The van der Waals surface area contributed by atoms with Crippen LogP contribution in [0.1, 0.15) is 42.5 Å². The smallest absolute Gasteiger partial charge is 0.222 e. The Morgan fingerprint density at radius 1 is 1.29 bits per heavy atom. The summed E-state index contributed by atoms with van der Waals surface area (Å²) in [6.45, 7) is 2.89. The average Bonchev–Trinajstić information content (AvgIpc) is 3.15. The van der Waals surface area contributed by atoms with Crippen molar-refractivity contribution in [3.63, 3.8) is 0 Å². The molecule has 150 valence electrons. The van der Waals surface area contributed by atoms with Gasteiger partial charge in [0.05, 0.1) is 22.8 Å². The minimum Gasteiger partial charge on any atom is -0.384 e. The molecule has 0 bridgehead atoms. The monoisotopic (exact) mass is 400 g/mol. The summed E-state index contributed by atoms with van der Waals surface area (Å²) in [6, 6.07) is 7.99. The number of thiophene rings is 1. The van der Waals surface area contributed by atoms with Crippen LogP contribution >= 0.6 is 11.3 Å². The molecule has 4 N–H and O–H groups in total. The molecule has 2 aromatic rings. The molecule has 1 spiro atoms. The minimum absolute atomic E-state index is 0.245. The predicted molar refractivity (Wildman–Crippen MR) is 112 cm³/mol. The molecule has 0 aromatic carbocycles. The van der Waals surface area contributed by atoms with E-state index in [1.54, 1.807) is 11.3 Å². The number of nitrogen functional groups attached to an aromatic ring is 1. The van der Waals surface area contributed by atoms with Crippen molar-refractivity contribution in [3.8, 4) is 10.6 Å². The average molecular weight is 401 g/mol. The van der Waals surface area contributed by atoms with Crippen molar-refractivity contribution in [2.75, 3.05) is 32.0 Å². The number of pyridine rings is 1. The molecule has 28 heavy (non-hydrogen) atoms. The van der Waals surface area contributed by atoms with Crippen LogP contribution in [-0.2, 0) is 21.6 Å². The molecule has 1 amide bonds. The highest BCUT2D eigenvalue weighted by Crippen LogP contribution is 2.46. The summed E-state index contributed by atoms with van der Waals surface area (Å²) in [6.07, 6.45) is 5.02. The second kappa shape index (κ2) is 8.19. The highest BCUT2D eigenvalue weighted by atomic mass is 32.1. The first-order valence-electron chi connectivity index (χ1n) is 10.1. The highest BCUT2D eigenvalue weighted by Gasteiger charge is 2.42. The summed E-state index contributed by atoms with van der Waals surface area (Å²) in [7, 11) is 0. The van der Waals surface area contributed by atoms with Gasteiger partial charge in [-0.15, -0.1) is 11.3 Å². The van der Waals surface area contributed by atoms with Gasteiger partial charge in [0.1, 0.15) is 5.82 Å². The van der Waals surface area contributed by atoms with Crippen LogP contribution in [0.25, 0.3) is 10.6 Å². The predicted octanol–water partition coefficient (Wildman–Crippen LogP) is 2.91. The normalized spacial score (nSPS) is 18.2. The molecule has 2 aliphatic rings. The first kappa shape index (κ1) is 19.4. The Labute approximate surface area is 169 Å². The minimum atomic E-state index is -0.267. The summed E-state index contributed by atoms with van der Waals surface area (Å²) in [5.74, 6) is 0.783. The fraction of sp³-hybridized carbons (Fsp3) is 0.524. The van der Waals surface area contributed by atoms with E-state index >= 15 is 0 Å². The van der Waals surface area contributed by atoms with Gasteiger partial charge in [-0.2, -0.15) is 0 Å². The molecule has 1 fully saturated rings. The van der Waals surface area contributed by atoms with Crippen LogP contribution in [0.15, 0.2) is 24.3 Å². The first-order chi connectivity index (χ1) is 13.6. The van der Waals surface area contributed by atoms with E-state index in [0.29, 0.717) is 18.8 Å². The van der Waals surface area contributed by atoms with Gasteiger partial charge in [-0.25, -0.2) is 4.98 Å². The van der Waals surface area contributed by atoms with Crippen LogP contribution in [-0.4, -0.2) is 42.0 Å². The SMILES string of the molecule is NCCCCC(=O)N1CCC2(CC1)OCCc1sc(-c3cccc(N)n3)cc12. The molecule has 4 heterocycles. The van der Waals surface area contributed by atoms with Crippen molar-refractivity contribution in [2.45, 2.75) is 44.1 Å². The maximum absolute atomic E-state index is 12.4. The summed E-state index contributed by atoms with van der Waals surface area (Å²) in [4.78, 5) is 21.4. The third-order valence-corrected chi connectivity index (χ3v) is 7.02. The molecule has 1 saturated heterocycles. The van der Waals surface area contributed by atoms with Crippen molar-refractivity contribution >= 4 is 23.1 Å². The lowest BCUT2D eigenvalue weighted by Crippen LogP contribution is -2.48. The van der Waals surface area contributed by atoms with E-state index in [0.717, 1.165) is 62.4 Å². The second-order valence-corrected chi connectivity index (χ2v) is 8.75. The van der Waals surface area contributed by atoms with Gasteiger partial charge in [0.2, 0.25) is 5.91 Å². The number of carbonyl (C=O) groups excluding carboxylic acids is 1. The van der Waals surface area contributed by atoms with Crippen LogP contribution < -0.4 is 11.5 Å². The number of amides is 1. The molecule has 7 heteroatoms. The Hall–Kier alpha value is -1.96. The van der Waals surface area contributed by atoms with Crippen molar-refractivity contribution < 1.29 is 9.53 Å². The van der Waals surface area contributed by atoms with E-state index in [-0.39, 0.29) is 11.5 Å². The van der Waals surface area contributed by atoms with E-state index in [9.17, 15) is 4.79 Å². The van der Waals surface area contributed by atoms with Crippen LogP contribution in [0, 0.1) is 0 Å². The number of carbonyl (C=O) groups is 1. The number of piperidine rings is 1.